The second-order valence-electron chi connectivity index (χ2n) is 5.98. The topological polar surface area (TPSA) is 74.8 Å². The first-order valence-corrected chi connectivity index (χ1v) is 10.2. The third kappa shape index (κ3) is 3.04. The third-order valence-electron chi connectivity index (χ3n) is 4.35. The molecule has 8 heteroatoms. The smallest absolute Gasteiger partial charge is 0.268 e. The van der Waals surface area contributed by atoms with E-state index in [4.69, 9.17) is 0 Å². The maximum atomic E-state index is 12.5. The van der Waals surface area contributed by atoms with Gasteiger partial charge in [-0.2, -0.15) is 0 Å². The molecule has 0 aliphatic carbocycles. The monoisotopic (exact) mass is 366 g/mol. The summed E-state index contributed by atoms with van der Waals surface area (Å²) >= 11 is 0. The molecule has 4 bridgehead atoms. The van der Waals surface area contributed by atoms with E-state index in [1.54, 1.807) is 0 Å². The zero-order valence-electron chi connectivity index (χ0n) is 13.3. The van der Waals surface area contributed by atoms with Crippen LogP contribution >= 0.6 is 22.0 Å². The third-order valence-corrected chi connectivity index (χ3v) is 6.50. The average molecular weight is 366 g/mol. The van der Waals surface area contributed by atoms with Gasteiger partial charge in [-0.25, -0.2) is 8.61 Å². The summed E-state index contributed by atoms with van der Waals surface area (Å²) in [7, 11) is 1.64. The van der Waals surface area contributed by atoms with Gasteiger partial charge in [-0.15, -0.1) is 0 Å². The van der Waals surface area contributed by atoms with Crippen LogP contribution in [0.4, 0.5) is 0 Å². The Balaban J connectivity index is 1.85. The summed E-state index contributed by atoms with van der Waals surface area (Å²) in [5, 5.41) is 0. The minimum Gasteiger partial charge on any atom is -0.268 e. The Morgan fingerprint density at radius 3 is 1.83 bits per heavy atom. The molecule has 0 aromatic heterocycles. The quantitative estimate of drug-likeness (QED) is 0.311. The van der Waals surface area contributed by atoms with Crippen molar-refractivity contribution in [1.29, 1.82) is 0 Å². The number of rotatable bonds is 6. The molecule has 0 spiro atoms. The zero-order chi connectivity index (χ0) is 17.3. The van der Waals surface area contributed by atoms with Crippen LogP contribution in [0.5, 0.6) is 0 Å². The van der Waals surface area contributed by atoms with Crippen molar-refractivity contribution in [2.24, 2.45) is 5.92 Å². The molecule has 0 N–H and O–H groups in total. The van der Waals surface area contributed by atoms with Crippen molar-refractivity contribution in [3.8, 4) is 0 Å². The highest BCUT2D eigenvalue weighted by atomic mass is 33.1. The number of unbranched alkanes of at least 4 members (excludes halogenated alkanes) is 4. The van der Waals surface area contributed by atoms with Crippen molar-refractivity contribution in [3.63, 3.8) is 0 Å². The Bertz CT molecular complexity index is 621. The van der Waals surface area contributed by atoms with Crippen LogP contribution in [0.3, 0.4) is 0 Å². The second-order valence-corrected chi connectivity index (χ2v) is 7.90. The number of hydrogen-bond acceptors (Lipinski definition) is 6. The van der Waals surface area contributed by atoms with Crippen LogP contribution in [0.2, 0.25) is 0 Å². The van der Waals surface area contributed by atoms with E-state index < -0.39 is 17.7 Å². The van der Waals surface area contributed by atoms with E-state index >= 15 is 0 Å². The van der Waals surface area contributed by atoms with E-state index in [0.717, 1.165) is 62.7 Å². The molecule has 3 rings (SSSR count). The molecule has 0 aromatic rings. The van der Waals surface area contributed by atoms with Gasteiger partial charge in [-0.05, 0) is 6.42 Å². The minimum absolute atomic E-state index is 0.333. The summed E-state index contributed by atoms with van der Waals surface area (Å²) in [6, 6.07) is 0. The van der Waals surface area contributed by atoms with Gasteiger partial charge in [-0.3, -0.25) is 19.2 Å². The van der Waals surface area contributed by atoms with Crippen LogP contribution < -0.4 is 0 Å². The van der Waals surface area contributed by atoms with Crippen molar-refractivity contribution in [3.05, 3.63) is 23.3 Å². The average Bonchev–Trinajstić information content (AvgIpc) is 2.99. The highest BCUT2D eigenvalue weighted by Crippen LogP contribution is 2.44. The fourth-order valence-corrected chi connectivity index (χ4v) is 5.06. The number of amides is 4. The van der Waals surface area contributed by atoms with Crippen molar-refractivity contribution in [2.45, 2.75) is 45.4 Å². The summed E-state index contributed by atoms with van der Waals surface area (Å²) in [6.07, 6.45) is 8.48. The molecule has 24 heavy (non-hydrogen) atoms. The molecule has 1 saturated heterocycles. The molecule has 4 amide bonds. The fraction of sp³-hybridized carbons (Fsp3) is 0.500. The Labute approximate surface area is 148 Å². The highest BCUT2D eigenvalue weighted by Gasteiger charge is 2.45. The van der Waals surface area contributed by atoms with Gasteiger partial charge in [0.1, 0.15) is 0 Å². The molecule has 3 aliphatic rings. The van der Waals surface area contributed by atoms with Gasteiger partial charge in [0.15, 0.2) is 0 Å². The number of carbonyl (C=O) groups excluding carboxylic acids is 4. The Morgan fingerprint density at radius 2 is 1.33 bits per heavy atom. The van der Waals surface area contributed by atoms with Crippen molar-refractivity contribution in [1.82, 2.24) is 8.61 Å². The van der Waals surface area contributed by atoms with E-state index in [0.29, 0.717) is 17.6 Å². The van der Waals surface area contributed by atoms with E-state index in [-0.39, 0.29) is 11.8 Å². The van der Waals surface area contributed by atoms with Crippen LogP contribution in [0.15, 0.2) is 23.3 Å². The van der Waals surface area contributed by atoms with E-state index in [1.165, 1.54) is 12.2 Å². The summed E-state index contributed by atoms with van der Waals surface area (Å²) < 4.78 is 2.04. The lowest BCUT2D eigenvalue weighted by molar-refractivity contribution is -0.132. The first-order chi connectivity index (χ1) is 11.5. The van der Waals surface area contributed by atoms with Gasteiger partial charge in [-0.1, -0.05) is 39.0 Å². The standard InChI is InChI=1S/C16H18N2O4S2/c1-2-3-4-5-6-7-10-11-8-13(19)17(15(11)21)23-24-18-14(20)9-12(10)16(18)22/h8-10H,2-7H2,1H3. The van der Waals surface area contributed by atoms with Gasteiger partial charge in [0, 0.05) is 29.2 Å². The second kappa shape index (κ2) is 7.14. The van der Waals surface area contributed by atoms with Crippen molar-refractivity contribution < 1.29 is 19.2 Å². The summed E-state index contributed by atoms with van der Waals surface area (Å²) in [6.45, 7) is 2.14. The normalized spacial score (nSPS) is 21.0. The molecule has 3 heterocycles. The Morgan fingerprint density at radius 1 is 0.833 bits per heavy atom. The predicted octanol–water partition coefficient (Wildman–Crippen LogP) is 2.78. The van der Waals surface area contributed by atoms with Crippen LogP contribution in [0.25, 0.3) is 0 Å². The number of nitrogens with zero attached hydrogens (tertiary/aromatic N) is 2. The first-order valence-electron chi connectivity index (χ1n) is 8.09. The molecule has 0 unspecified atom stereocenters. The molecular weight excluding hydrogens is 348 g/mol. The minimum atomic E-state index is -0.478. The van der Waals surface area contributed by atoms with Gasteiger partial charge >= 0.3 is 0 Å². The molecule has 128 valence electrons. The molecule has 0 saturated carbocycles. The van der Waals surface area contributed by atoms with E-state index in [9.17, 15) is 19.2 Å². The van der Waals surface area contributed by atoms with Crippen LogP contribution in [-0.4, -0.2) is 32.2 Å². The van der Waals surface area contributed by atoms with Gasteiger partial charge in [0.25, 0.3) is 23.6 Å². The number of imide groups is 2. The molecular formula is C16H18N2O4S2. The highest BCUT2D eigenvalue weighted by molar-refractivity contribution is 8.75. The SMILES string of the molecule is CCCCCCCC1C2=CC(=O)N(SSN3C(=O)C=C1C3=O)C2=O. The molecule has 1 fully saturated rings. The lowest BCUT2D eigenvalue weighted by atomic mass is 9.86. The van der Waals surface area contributed by atoms with Crippen LogP contribution in [0.1, 0.15) is 45.4 Å². The van der Waals surface area contributed by atoms with Crippen molar-refractivity contribution >= 4 is 45.6 Å². The summed E-state index contributed by atoms with van der Waals surface area (Å²) in [5.41, 5.74) is 0.666. The van der Waals surface area contributed by atoms with Gasteiger partial charge in [0.2, 0.25) is 0 Å². The zero-order valence-corrected chi connectivity index (χ0v) is 15.0. The fourth-order valence-electron chi connectivity index (χ4n) is 3.08. The maximum Gasteiger partial charge on any atom is 0.268 e. The van der Waals surface area contributed by atoms with Crippen molar-refractivity contribution in [2.75, 3.05) is 0 Å². The largest absolute Gasteiger partial charge is 0.268 e. The molecule has 3 aliphatic heterocycles. The lowest BCUT2D eigenvalue weighted by Gasteiger charge is -2.17. The number of hydrogen-bond donors (Lipinski definition) is 0. The molecule has 0 radical (unpaired) electrons. The number of carbonyl (C=O) groups is 4. The summed E-state index contributed by atoms with van der Waals surface area (Å²) in [4.78, 5) is 49.0. The molecule has 0 aromatic carbocycles. The molecule has 0 atom stereocenters. The van der Waals surface area contributed by atoms with Crippen LogP contribution in [-0.2, 0) is 19.2 Å². The lowest BCUT2D eigenvalue weighted by Crippen LogP contribution is -2.25. The predicted molar refractivity (Wildman–Crippen MR) is 91.9 cm³/mol. The maximum absolute atomic E-state index is 12.5. The van der Waals surface area contributed by atoms with Crippen LogP contribution in [0, 0.1) is 5.92 Å². The van der Waals surface area contributed by atoms with E-state index in [1.807, 2.05) is 0 Å². The van der Waals surface area contributed by atoms with E-state index in [2.05, 4.69) is 6.92 Å². The Hall–Kier alpha value is -1.54. The molecule has 6 nitrogen and oxygen atoms in total. The summed E-state index contributed by atoms with van der Waals surface area (Å²) in [5.74, 6) is -2.01. The number of fused-ring (bicyclic) bond motifs is 4. The Kier molecular flexibility index (Phi) is 5.15. The van der Waals surface area contributed by atoms with Gasteiger partial charge < -0.3 is 0 Å². The first kappa shape index (κ1) is 17.3. The van der Waals surface area contributed by atoms with Gasteiger partial charge in [0.05, 0.1) is 22.0 Å².